The third kappa shape index (κ3) is 3.09. The lowest BCUT2D eigenvalue weighted by molar-refractivity contribution is 0.977. The molecule has 8 heavy (non-hydrogen) atoms. The van der Waals surface area contributed by atoms with Gasteiger partial charge < -0.3 is 0 Å². The van der Waals surface area contributed by atoms with Crippen LogP contribution in [0.25, 0.3) is 0 Å². The predicted octanol–water partition coefficient (Wildman–Crippen LogP) is 2.97. The Hall–Kier alpha value is 0.0300. The molecule has 0 bridgehead atoms. The molecule has 0 N–H and O–H groups in total. The molecule has 0 spiro atoms. The maximum absolute atomic E-state index is 5.51. The summed E-state index contributed by atoms with van der Waals surface area (Å²) in [4.78, 5) is 0. The molecule has 48 valence electrons. The van der Waals surface area contributed by atoms with Crippen LogP contribution in [0.1, 0.15) is 26.7 Å². The first-order valence-electron chi connectivity index (χ1n) is 3.05. The Kier molecular flexibility index (Phi) is 5.19. The summed E-state index contributed by atoms with van der Waals surface area (Å²) in [6, 6.07) is 0. The lowest BCUT2D eigenvalue weighted by atomic mass is 10.1. The second-order valence-electron chi connectivity index (χ2n) is 1.74. The molecular formula is C7H13Cl. The van der Waals surface area contributed by atoms with E-state index >= 15 is 0 Å². The minimum Gasteiger partial charge on any atom is -0.126 e. The summed E-state index contributed by atoms with van der Waals surface area (Å²) in [6.07, 6.45) is 4.33. The average molecular weight is 133 g/mol. The standard InChI is InChI=1S/C7H13Cl/c1-3-7(4-2)5-6-8/h3H,4-6H2,1-2H3. The van der Waals surface area contributed by atoms with Crippen LogP contribution in [-0.4, -0.2) is 5.88 Å². The molecule has 0 aromatic carbocycles. The van der Waals surface area contributed by atoms with Gasteiger partial charge in [-0.15, -0.1) is 11.6 Å². The minimum absolute atomic E-state index is 0.757. The summed E-state index contributed by atoms with van der Waals surface area (Å²) in [6.45, 7) is 4.22. The summed E-state index contributed by atoms with van der Waals surface area (Å²) < 4.78 is 0. The van der Waals surface area contributed by atoms with Crippen LogP contribution in [0, 0.1) is 0 Å². The molecule has 0 nitrogen and oxygen atoms in total. The van der Waals surface area contributed by atoms with E-state index in [9.17, 15) is 0 Å². The highest BCUT2D eigenvalue weighted by Gasteiger charge is 1.87. The Morgan fingerprint density at radius 3 is 2.38 bits per heavy atom. The van der Waals surface area contributed by atoms with Crippen molar-refractivity contribution in [3.63, 3.8) is 0 Å². The number of alkyl halides is 1. The number of allylic oxidation sites excluding steroid dienone is 2. The second kappa shape index (κ2) is 5.17. The van der Waals surface area contributed by atoms with E-state index in [0.29, 0.717) is 0 Å². The van der Waals surface area contributed by atoms with Crippen molar-refractivity contribution in [3.05, 3.63) is 11.6 Å². The molecule has 0 atom stereocenters. The molecule has 0 aliphatic rings. The molecule has 0 amide bonds. The summed E-state index contributed by atoms with van der Waals surface area (Å²) >= 11 is 5.51. The topological polar surface area (TPSA) is 0 Å². The summed E-state index contributed by atoms with van der Waals surface area (Å²) in [5.74, 6) is 0.757. The van der Waals surface area contributed by atoms with Crippen molar-refractivity contribution in [1.29, 1.82) is 0 Å². The van der Waals surface area contributed by atoms with Crippen molar-refractivity contribution >= 4 is 11.6 Å². The van der Waals surface area contributed by atoms with Gasteiger partial charge in [-0.2, -0.15) is 0 Å². The van der Waals surface area contributed by atoms with E-state index in [4.69, 9.17) is 11.6 Å². The fourth-order valence-electron chi connectivity index (χ4n) is 0.647. The largest absolute Gasteiger partial charge is 0.126 e. The first-order valence-corrected chi connectivity index (χ1v) is 3.58. The van der Waals surface area contributed by atoms with Crippen LogP contribution < -0.4 is 0 Å². The average Bonchev–Trinajstić information content (AvgIpc) is 1.83. The maximum atomic E-state index is 5.51. The highest BCUT2D eigenvalue weighted by molar-refractivity contribution is 6.17. The predicted molar refractivity (Wildman–Crippen MR) is 39.4 cm³/mol. The minimum atomic E-state index is 0.757. The molecule has 0 aromatic heterocycles. The van der Waals surface area contributed by atoms with Gasteiger partial charge in [0, 0.05) is 5.88 Å². The molecule has 0 aromatic rings. The molecule has 0 rings (SSSR count). The molecule has 0 fully saturated rings. The van der Waals surface area contributed by atoms with E-state index in [0.717, 1.165) is 18.7 Å². The van der Waals surface area contributed by atoms with Crippen LogP contribution in [0.2, 0.25) is 0 Å². The fourth-order valence-corrected chi connectivity index (χ4v) is 0.889. The van der Waals surface area contributed by atoms with E-state index in [2.05, 4.69) is 19.9 Å². The van der Waals surface area contributed by atoms with Gasteiger partial charge in [0.25, 0.3) is 0 Å². The number of hydrogen-bond donors (Lipinski definition) is 0. The Balaban J connectivity index is 3.38. The first kappa shape index (κ1) is 8.03. The van der Waals surface area contributed by atoms with Gasteiger partial charge >= 0.3 is 0 Å². The van der Waals surface area contributed by atoms with Gasteiger partial charge in [-0.3, -0.25) is 0 Å². The number of hydrogen-bond acceptors (Lipinski definition) is 0. The quantitative estimate of drug-likeness (QED) is 0.409. The number of rotatable bonds is 3. The third-order valence-electron chi connectivity index (χ3n) is 1.28. The second-order valence-corrected chi connectivity index (χ2v) is 2.12. The molecule has 0 heterocycles. The molecule has 0 aliphatic heterocycles. The maximum Gasteiger partial charge on any atom is 0.0260 e. The Labute approximate surface area is 56.5 Å². The molecular weight excluding hydrogens is 120 g/mol. The van der Waals surface area contributed by atoms with E-state index in [1.54, 1.807) is 0 Å². The highest BCUT2D eigenvalue weighted by atomic mass is 35.5. The Morgan fingerprint density at radius 1 is 1.62 bits per heavy atom. The molecule has 0 saturated heterocycles. The smallest absolute Gasteiger partial charge is 0.0260 e. The van der Waals surface area contributed by atoms with Crippen LogP contribution in [0.15, 0.2) is 11.6 Å². The van der Waals surface area contributed by atoms with Crippen LogP contribution in [0.5, 0.6) is 0 Å². The van der Waals surface area contributed by atoms with Crippen molar-refractivity contribution in [3.8, 4) is 0 Å². The molecule has 0 unspecified atom stereocenters. The monoisotopic (exact) mass is 132 g/mol. The lowest BCUT2D eigenvalue weighted by Crippen LogP contribution is -1.80. The molecule has 0 aliphatic carbocycles. The van der Waals surface area contributed by atoms with Crippen molar-refractivity contribution in [2.45, 2.75) is 26.7 Å². The van der Waals surface area contributed by atoms with Gasteiger partial charge in [-0.1, -0.05) is 18.6 Å². The summed E-state index contributed by atoms with van der Waals surface area (Å²) in [5.41, 5.74) is 1.46. The molecule has 1 heteroatoms. The van der Waals surface area contributed by atoms with Crippen LogP contribution >= 0.6 is 11.6 Å². The zero-order valence-electron chi connectivity index (χ0n) is 5.58. The Morgan fingerprint density at radius 2 is 2.25 bits per heavy atom. The first-order chi connectivity index (χ1) is 3.85. The summed E-state index contributed by atoms with van der Waals surface area (Å²) in [7, 11) is 0. The van der Waals surface area contributed by atoms with Gasteiger partial charge in [0.2, 0.25) is 0 Å². The van der Waals surface area contributed by atoms with Crippen LogP contribution in [0.3, 0.4) is 0 Å². The van der Waals surface area contributed by atoms with Crippen molar-refractivity contribution in [2.24, 2.45) is 0 Å². The van der Waals surface area contributed by atoms with Crippen LogP contribution in [-0.2, 0) is 0 Å². The van der Waals surface area contributed by atoms with Crippen LogP contribution in [0.4, 0.5) is 0 Å². The van der Waals surface area contributed by atoms with Crippen molar-refractivity contribution in [1.82, 2.24) is 0 Å². The van der Waals surface area contributed by atoms with Gasteiger partial charge in [0.1, 0.15) is 0 Å². The van der Waals surface area contributed by atoms with Crippen molar-refractivity contribution in [2.75, 3.05) is 5.88 Å². The molecule has 0 radical (unpaired) electrons. The molecule has 0 saturated carbocycles. The Bertz CT molecular complexity index is 74.5. The van der Waals surface area contributed by atoms with Gasteiger partial charge in [0.05, 0.1) is 0 Å². The lowest BCUT2D eigenvalue weighted by Gasteiger charge is -1.96. The van der Waals surface area contributed by atoms with E-state index in [1.165, 1.54) is 5.57 Å². The summed E-state index contributed by atoms with van der Waals surface area (Å²) in [5, 5.41) is 0. The fraction of sp³-hybridized carbons (Fsp3) is 0.714. The van der Waals surface area contributed by atoms with E-state index < -0.39 is 0 Å². The van der Waals surface area contributed by atoms with Gasteiger partial charge in [0.15, 0.2) is 0 Å². The third-order valence-corrected chi connectivity index (χ3v) is 1.47. The zero-order chi connectivity index (χ0) is 6.41. The number of halogens is 1. The van der Waals surface area contributed by atoms with Gasteiger partial charge in [-0.05, 0) is 19.8 Å². The van der Waals surface area contributed by atoms with Crippen molar-refractivity contribution < 1.29 is 0 Å². The van der Waals surface area contributed by atoms with E-state index in [-0.39, 0.29) is 0 Å². The van der Waals surface area contributed by atoms with E-state index in [1.807, 2.05) is 0 Å². The van der Waals surface area contributed by atoms with Gasteiger partial charge in [-0.25, -0.2) is 0 Å². The normalized spacial score (nSPS) is 12.1. The highest BCUT2D eigenvalue weighted by Crippen LogP contribution is 2.05. The SMILES string of the molecule is CC=C(CC)CCCl. The zero-order valence-corrected chi connectivity index (χ0v) is 6.33.